The van der Waals surface area contributed by atoms with Crippen LogP contribution in [0.25, 0.3) is 0 Å². The van der Waals surface area contributed by atoms with Gasteiger partial charge in [-0.25, -0.2) is 0 Å². The molecular weight excluding hydrogens is 246 g/mol. The van der Waals surface area contributed by atoms with Crippen LogP contribution >= 0.6 is 0 Å². The zero-order valence-electron chi connectivity index (χ0n) is 11.3. The van der Waals surface area contributed by atoms with Crippen LogP contribution in [0.1, 0.15) is 29.4 Å². The first-order chi connectivity index (χ1) is 9.84. The third kappa shape index (κ3) is 1.83. The van der Waals surface area contributed by atoms with E-state index in [2.05, 4.69) is 41.7 Å². The van der Waals surface area contributed by atoms with Crippen molar-refractivity contribution in [3.63, 3.8) is 0 Å². The predicted molar refractivity (Wildman–Crippen MR) is 80.0 cm³/mol. The van der Waals surface area contributed by atoms with Gasteiger partial charge in [-0.1, -0.05) is 48.5 Å². The molecule has 0 aromatic heterocycles. The van der Waals surface area contributed by atoms with Crippen molar-refractivity contribution in [2.45, 2.75) is 18.3 Å². The Bertz CT molecular complexity index is 649. The summed E-state index contributed by atoms with van der Waals surface area (Å²) in [5, 5.41) is 3.35. The lowest BCUT2D eigenvalue weighted by molar-refractivity contribution is -0.121. The fourth-order valence-electron chi connectivity index (χ4n) is 3.37. The molecule has 1 N–H and O–H groups in total. The molecule has 3 atom stereocenters. The van der Waals surface area contributed by atoms with E-state index >= 15 is 0 Å². The van der Waals surface area contributed by atoms with E-state index in [1.807, 2.05) is 18.2 Å². The first-order valence-electron chi connectivity index (χ1n) is 7.26. The van der Waals surface area contributed by atoms with Crippen molar-refractivity contribution in [1.29, 1.82) is 0 Å². The summed E-state index contributed by atoms with van der Waals surface area (Å²) in [4.78, 5) is 12.7. The third-order valence-corrected chi connectivity index (χ3v) is 4.56. The van der Waals surface area contributed by atoms with E-state index in [1.54, 1.807) is 0 Å². The van der Waals surface area contributed by atoms with E-state index in [4.69, 9.17) is 0 Å². The second kappa shape index (κ2) is 4.48. The zero-order chi connectivity index (χ0) is 13.5. The number of carbonyl (C=O) groups excluding carboxylic acids is 1. The normalized spacial score (nSPS) is 26.7. The summed E-state index contributed by atoms with van der Waals surface area (Å²) >= 11 is 0. The first kappa shape index (κ1) is 11.7. The smallest absolute Gasteiger partial charge is 0.145 e. The van der Waals surface area contributed by atoms with Crippen molar-refractivity contribution < 1.29 is 4.79 Å². The number of Topliss-reactive ketones (excluding diaryl/α,β-unsaturated/α-hetero) is 1. The minimum absolute atomic E-state index is 0.0462. The lowest BCUT2D eigenvalue weighted by Crippen LogP contribution is -2.17. The summed E-state index contributed by atoms with van der Waals surface area (Å²) < 4.78 is 0. The molecule has 3 unspecified atom stereocenters. The predicted octanol–water partition coefficient (Wildman–Crippen LogP) is 3.57. The number of nitrogens with one attached hydrogen (secondary N) is 1. The van der Waals surface area contributed by atoms with Gasteiger partial charge >= 0.3 is 0 Å². The summed E-state index contributed by atoms with van der Waals surface area (Å²) in [5.41, 5.74) is 3.61. The molecule has 0 spiro atoms. The number of anilines is 1. The number of benzene rings is 2. The number of ketones is 1. The van der Waals surface area contributed by atoms with E-state index in [9.17, 15) is 4.79 Å². The van der Waals surface area contributed by atoms with Crippen LogP contribution in [0.3, 0.4) is 0 Å². The van der Waals surface area contributed by atoms with Gasteiger partial charge in [0.05, 0.1) is 5.92 Å². The van der Waals surface area contributed by atoms with Crippen LogP contribution in [0.2, 0.25) is 0 Å². The minimum Gasteiger partial charge on any atom is -0.384 e. The van der Waals surface area contributed by atoms with Crippen LogP contribution in [0.4, 0.5) is 5.69 Å². The van der Waals surface area contributed by atoms with Crippen molar-refractivity contribution in [2.24, 2.45) is 5.92 Å². The molecule has 0 radical (unpaired) electrons. The van der Waals surface area contributed by atoms with Crippen molar-refractivity contribution >= 4 is 11.5 Å². The van der Waals surface area contributed by atoms with Crippen LogP contribution in [0.15, 0.2) is 54.6 Å². The van der Waals surface area contributed by atoms with Crippen LogP contribution in [0, 0.1) is 5.92 Å². The molecular formula is C18H17NO. The molecule has 0 bridgehead atoms. The SMILES string of the molecule is O=C(C1CNc2ccccc21)C1CC1c1ccccc1. The van der Waals surface area contributed by atoms with Crippen LogP contribution in [0.5, 0.6) is 0 Å². The highest BCUT2D eigenvalue weighted by Crippen LogP contribution is 2.51. The Labute approximate surface area is 118 Å². The molecule has 2 aromatic rings. The molecule has 1 aliphatic carbocycles. The van der Waals surface area contributed by atoms with E-state index in [-0.39, 0.29) is 11.8 Å². The van der Waals surface area contributed by atoms with Crippen molar-refractivity contribution in [1.82, 2.24) is 0 Å². The van der Waals surface area contributed by atoms with Gasteiger partial charge in [0.15, 0.2) is 0 Å². The Balaban J connectivity index is 1.53. The average Bonchev–Trinajstić information content (AvgIpc) is 3.20. The molecule has 2 aromatic carbocycles. The fourth-order valence-corrected chi connectivity index (χ4v) is 3.37. The Morgan fingerprint density at radius 3 is 2.60 bits per heavy atom. The second-order valence-corrected chi connectivity index (χ2v) is 5.78. The second-order valence-electron chi connectivity index (χ2n) is 5.78. The Morgan fingerprint density at radius 2 is 1.75 bits per heavy atom. The number of fused-ring (bicyclic) bond motifs is 1. The van der Waals surface area contributed by atoms with Gasteiger partial charge in [0.1, 0.15) is 5.78 Å². The maximum absolute atomic E-state index is 12.7. The molecule has 1 saturated carbocycles. The monoisotopic (exact) mass is 263 g/mol. The molecule has 20 heavy (non-hydrogen) atoms. The number of hydrogen-bond donors (Lipinski definition) is 1. The standard InChI is InChI=1S/C18H17NO/c20-18(15-10-14(15)12-6-2-1-3-7-12)16-11-19-17-9-5-4-8-13(16)17/h1-9,14-16,19H,10-11H2. The topological polar surface area (TPSA) is 29.1 Å². The molecule has 0 saturated heterocycles. The first-order valence-corrected chi connectivity index (χ1v) is 7.26. The van der Waals surface area contributed by atoms with Crippen LogP contribution in [-0.2, 0) is 4.79 Å². The molecule has 2 nitrogen and oxygen atoms in total. The summed E-state index contributed by atoms with van der Waals surface area (Å²) in [5.74, 6) is 1.12. The van der Waals surface area contributed by atoms with Gasteiger partial charge in [0.2, 0.25) is 0 Å². The van der Waals surface area contributed by atoms with Gasteiger partial charge in [-0.15, -0.1) is 0 Å². The molecule has 100 valence electrons. The number of hydrogen-bond acceptors (Lipinski definition) is 2. The largest absolute Gasteiger partial charge is 0.384 e. The highest BCUT2D eigenvalue weighted by atomic mass is 16.1. The van der Waals surface area contributed by atoms with Gasteiger partial charge in [-0.3, -0.25) is 4.79 Å². The summed E-state index contributed by atoms with van der Waals surface area (Å²) in [7, 11) is 0. The number of rotatable bonds is 3. The van der Waals surface area contributed by atoms with Crippen molar-refractivity contribution in [2.75, 3.05) is 11.9 Å². The van der Waals surface area contributed by atoms with E-state index in [0.29, 0.717) is 11.7 Å². The summed E-state index contributed by atoms with van der Waals surface area (Å²) in [6.07, 6.45) is 1.02. The lowest BCUT2D eigenvalue weighted by atomic mass is 9.92. The van der Waals surface area contributed by atoms with Gasteiger partial charge in [0, 0.05) is 18.2 Å². The van der Waals surface area contributed by atoms with Gasteiger partial charge in [-0.2, -0.15) is 0 Å². The summed E-state index contributed by atoms with van der Waals surface area (Å²) in [6.45, 7) is 0.760. The zero-order valence-corrected chi connectivity index (χ0v) is 11.3. The Morgan fingerprint density at radius 1 is 1.00 bits per heavy atom. The Kier molecular flexibility index (Phi) is 2.62. The van der Waals surface area contributed by atoms with Crippen molar-refractivity contribution in [3.05, 3.63) is 65.7 Å². The molecule has 2 heteroatoms. The maximum atomic E-state index is 12.7. The van der Waals surface area contributed by atoms with Crippen LogP contribution < -0.4 is 5.32 Å². The number of carbonyl (C=O) groups is 1. The highest BCUT2D eigenvalue weighted by Gasteiger charge is 2.47. The Hall–Kier alpha value is -2.09. The molecule has 1 aliphatic heterocycles. The van der Waals surface area contributed by atoms with Gasteiger partial charge in [-0.05, 0) is 29.5 Å². The third-order valence-electron chi connectivity index (χ3n) is 4.56. The maximum Gasteiger partial charge on any atom is 0.145 e. The number of para-hydroxylation sites is 1. The van der Waals surface area contributed by atoms with Crippen LogP contribution in [-0.4, -0.2) is 12.3 Å². The van der Waals surface area contributed by atoms with E-state index in [0.717, 1.165) is 18.7 Å². The minimum atomic E-state index is 0.0462. The highest BCUT2D eigenvalue weighted by molar-refractivity contribution is 5.94. The van der Waals surface area contributed by atoms with Crippen molar-refractivity contribution in [3.8, 4) is 0 Å². The van der Waals surface area contributed by atoms with E-state index < -0.39 is 0 Å². The summed E-state index contributed by atoms with van der Waals surface area (Å²) in [6, 6.07) is 18.6. The average molecular weight is 263 g/mol. The molecule has 4 rings (SSSR count). The quantitative estimate of drug-likeness (QED) is 0.917. The fraction of sp³-hybridized carbons (Fsp3) is 0.278. The molecule has 2 aliphatic rings. The molecule has 1 heterocycles. The van der Waals surface area contributed by atoms with E-state index in [1.165, 1.54) is 11.1 Å². The molecule has 1 fully saturated rings. The molecule has 0 amide bonds. The van der Waals surface area contributed by atoms with Gasteiger partial charge in [0.25, 0.3) is 0 Å². The van der Waals surface area contributed by atoms with Gasteiger partial charge < -0.3 is 5.32 Å². The lowest BCUT2D eigenvalue weighted by Gasteiger charge is -2.09.